The van der Waals surface area contributed by atoms with Crippen molar-refractivity contribution in [3.63, 3.8) is 0 Å². The van der Waals surface area contributed by atoms with Gasteiger partial charge in [0.1, 0.15) is 11.6 Å². The summed E-state index contributed by atoms with van der Waals surface area (Å²) in [6.07, 6.45) is 0. The Balaban J connectivity index is 2.56. The molecule has 0 unspecified atom stereocenters. The van der Waals surface area contributed by atoms with Crippen LogP contribution in [0.25, 0.3) is 11.4 Å². The SMILES string of the molecule is Cc1cc(N(C)C)nc(-c2ccccc2O)n1. The Morgan fingerprint density at radius 1 is 1.12 bits per heavy atom. The summed E-state index contributed by atoms with van der Waals surface area (Å²) in [5.74, 6) is 1.57. The average molecular weight is 229 g/mol. The van der Waals surface area contributed by atoms with Crippen LogP contribution in [-0.4, -0.2) is 29.2 Å². The quantitative estimate of drug-likeness (QED) is 0.857. The summed E-state index contributed by atoms with van der Waals surface area (Å²) in [7, 11) is 3.85. The predicted octanol–water partition coefficient (Wildman–Crippen LogP) is 2.22. The van der Waals surface area contributed by atoms with Gasteiger partial charge >= 0.3 is 0 Å². The van der Waals surface area contributed by atoms with Crippen molar-refractivity contribution in [3.8, 4) is 17.1 Å². The molecule has 17 heavy (non-hydrogen) atoms. The van der Waals surface area contributed by atoms with Gasteiger partial charge in [-0.3, -0.25) is 0 Å². The number of aromatic hydroxyl groups is 1. The van der Waals surface area contributed by atoms with E-state index in [0.717, 1.165) is 11.5 Å². The number of phenolic OH excluding ortho intramolecular Hbond substituents is 1. The molecule has 0 spiro atoms. The zero-order valence-electron chi connectivity index (χ0n) is 10.2. The fourth-order valence-electron chi connectivity index (χ4n) is 1.56. The average Bonchev–Trinajstić information content (AvgIpc) is 2.28. The van der Waals surface area contributed by atoms with Crippen molar-refractivity contribution in [2.75, 3.05) is 19.0 Å². The molecular weight excluding hydrogens is 214 g/mol. The minimum absolute atomic E-state index is 0.197. The van der Waals surface area contributed by atoms with Crippen LogP contribution in [-0.2, 0) is 0 Å². The number of phenols is 1. The molecule has 0 saturated carbocycles. The van der Waals surface area contributed by atoms with Gasteiger partial charge in [-0.05, 0) is 19.1 Å². The number of rotatable bonds is 2. The fourth-order valence-corrected chi connectivity index (χ4v) is 1.56. The highest BCUT2D eigenvalue weighted by atomic mass is 16.3. The number of aryl methyl sites for hydroxylation is 1. The van der Waals surface area contributed by atoms with Crippen molar-refractivity contribution < 1.29 is 5.11 Å². The lowest BCUT2D eigenvalue weighted by Gasteiger charge is -2.13. The van der Waals surface area contributed by atoms with Gasteiger partial charge < -0.3 is 10.0 Å². The first-order valence-corrected chi connectivity index (χ1v) is 5.39. The van der Waals surface area contributed by atoms with Crippen molar-refractivity contribution in [1.29, 1.82) is 0 Å². The van der Waals surface area contributed by atoms with Gasteiger partial charge in [0, 0.05) is 25.9 Å². The number of hydrogen-bond donors (Lipinski definition) is 1. The minimum atomic E-state index is 0.197. The first-order valence-electron chi connectivity index (χ1n) is 5.39. The molecule has 0 radical (unpaired) electrons. The zero-order chi connectivity index (χ0) is 12.4. The van der Waals surface area contributed by atoms with Crippen LogP contribution in [0.4, 0.5) is 5.82 Å². The van der Waals surface area contributed by atoms with Crippen LogP contribution in [0.3, 0.4) is 0 Å². The Bertz CT molecular complexity index is 538. The predicted molar refractivity (Wildman–Crippen MR) is 68.2 cm³/mol. The second kappa shape index (κ2) is 4.41. The highest BCUT2D eigenvalue weighted by molar-refractivity contribution is 5.64. The molecule has 1 N–H and O–H groups in total. The summed E-state index contributed by atoms with van der Waals surface area (Å²) in [6.45, 7) is 1.91. The van der Waals surface area contributed by atoms with Gasteiger partial charge in [-0.25, -0.2) is 9.97 Å². The normalized spacial score (nSPS) is 10.3. The Hall–Kier alpha value is -2.10. The minimum Gasteiger partial charge on any atom is -0.507 e. The van der Waals surface area contributed by atoms with Crippen LogP contribution >= 0.6 is 0 Å². The van der Waals surface area contributed by atoms with Crippen LogP contribution < -0.4 is 4.90 Å². The molecule has 0 amide bonds. The largest absolute Gasteiger partial charge is 0.507 e. The van der Waals surface area contributed by atoms with E-state index in [4.69, 9.17) is 0 Å². The van der Waals surface area contributed by atoms with Gasteiger partial charge in [-0.2, -0.15) is 0 Å². The number of anilines is 1. The van der Waals surface area contributed by atoms with E-state index in [1.54, 1.807) is 12.1 Å². The first-order chi connectivity index (χ1) is 8.08. The molecule has 4 nitrogen and oxygen atoms in total. The Kier molecular flexibility index (Phi) is 2.95. The Morgan fingerprint density at radius 3 is 2.47 bits per heavy atom. The molecule has 0 aliphatic rings. The van der Waals surface area contributed by atoms with Gasteiger partial charge in [0.05, 0.1) is 5.56 Å². The topological polar surface area (TPSA) is 49.2 Å². The molecule has 2 aromatic rings. The van der Waals surface area contributed by atoms with E-state index in [0.29, 0.717) is 11.4 Å². The summed E-state index contributed by atoms with van der Waals surface area (Å²) >= 11 is 0. The lowest BCUT2D eigenvalue weighted by molar-refractivity contribution is 0.477. The van der Waals surface area contributed by atoms with E-state index in [-0.39, 0.29) is 5.75 Å². The second-order valence-electron chi connectivity index (χ2n) is 4.10. The number of hydrogen-bond acceptors (Lipinski definition) is 4. The van der Waals surface area contributed by atoms with Crippen molar-refractivity contribution in [2.24, 2.45) is 0 Å². The molecule has 0 aliphatic heterocycles. The van der Waals surface area contributed by atoms with Crippen LogP contribution in [0.5, 0.6) is 5.75 Å². The van der Waals surface area contributed by atoms with E-state index in [2.05, 4.69) is 9.97 Å². The third kappa shape index (κ3) is 2.36. The van der Waals surface area contributed by atoms with Crippen LogP contribution in [0.15, 0.2) is 30.3 Å². The lowest BCUT2D eigenvalue weighted by Crippen LogP contribution is -2.12. The van der Waals surface area contributed by atoms with Crippen molar-refractivity contribution in [3.05, 3.63) is 36.0 Å². The standard InChI is InChI=1S/C13H15N3O/c1-9-8-12(16(2)3)15-13(14-9)10-6-4-5-7-11(10)17/h4-8,17H,1-3H3. The van der Waals surface area contributed by atoms with Crippen molar-refractivity contribution >= 4 is 5.82 Å². The molecule has 4 heteroatoms. The van der Waals surface area contributed by atoms with Crippen LogP contribution in [0.1, 0.15) is 5.69 Å². The lowest BCUT2D eigenvalue weighted by atomic mass is 10.2. The molecule has 0 atom stereocenters. The Labute approximate surface area is 101 Å². The highest BCUT2D eigenvalue weighted by Gasteiger charge is 2.09. The van der Waals surface area contributed by atoms with Crippen LogP contribution in [0.2, 0.25) is 0 Å². The molecule has 0 fully saturated rings. The number of para-hydroxylation sites is 1. The first kappa shape index (κ1) is 11.4. The van der Waals surface area contributed by atoms with Gasteiger partial charge in [-0.15, -0.1) is 0 Å². The van der Waals surface area contributed by atoms with Gasteiger partial charge in [-0.1, -0.05) is 12.1 Å². The summed E-state index contributed by atoms with van der Waals surface area (Å²) in [6, 6.07) is 8.99. The molecule has 88 valence electrons. The highest BCUT2D eigenvalue weighted by Crippen LogP contribution is 2.27. The van der Waals surface area contributed by atoms with E-state index >= 15 is 0 Å². The van der Waals surface area contributed by atoms with E-state index in [9.17, 15) is 5.11 Å². The summed E-state index contributed by atoms with van der Waals surface area (Å²) in [5, 5.41) is 9.79. The summed E-state index contributed by atoms with van der Waals surface area (Å²) in [4.78, 5) is 10.7. The van der Waals surface area contributed by atoms with Crippen molar-refractivity contribution in [2.45, 2.75) is 6.92 Å². The maximum Gasteiger partial charge on any atom is 0.165 e. The molecule has 1 aromatic carbocycles. The number of aromatic nitrogens is 2. The number of nitrogens with zero attached hydrogens (tertiary/aromatic N) is 3. The van der Waals surface area contributed by atoms with Crippen LogP contribution in [0, 0.1) is 6.92 Å². The Morgan fingerprint density at radius 2 is 1.82 bits per heavy atom. The molecule has 1 aromatic heterocycles. The summed E-state index contributed by atoms with van der Waals surface area (Å²) in [5.41, 5.74) is 1.53. The molecule has 0 bridgehead atoms. The third-order valence-electron chi connectivity index (χ3n) is 2.44. The van der Waals surface area contributed by atoms with Crippen molar-refractivity contribution in [1.82, 2.24) is 9.97 Å². The number of benzene rings is 1. The smallest absolute Gasteiger partial charge is 0.165 e. The maximum atomic E-state index is 9.79. The van der Waals surface area contributed by atoms with E-state index in [1.807, 2.05) is 44.1 Å². The maximum absolute atomic E-state index is 9.79. The monoisotopic (exact) mass is 229 g/mol. The zero-order valence-corrected chi connectivity index (χ0v) is 10.2. The van der Waals surface area contributed by atoms with Gasteiger partial charge in [0.15, 0.2) is 5.82 Å². The molecule has 0 aliphatic carbocycles. The van der Waals surface area contributed by atoms with Gasteiger partial charge in [0.2, 0.25) is 0 Å². The molecule has 2 rings (SSSR count). The van der Waals surface area contributed by atoms with Gasteiger partial charge in [0.25, 0.3) is 0 Å². The fraction of sp³-hybridized carbons (Fsp3) is 0.231. The molecule has 1 heterocycles. The molecule has 0 saturated heterocycles. The third-order valence-corrected chi connectivity index (χ3v) is 2.44. The summed E-state index contributed by atoms with van der Waals surface area (Å²) < 4.78 is 0. The second-order valence-corrected chi connectivity index (χ2v) is 4.10. The molecular formula is C13H15N3O. The van der Waals surface area contributed by atoms with E-state index < -0.39 is 0 Å². The van der Waals surface area contributed by atoms with E-state index in [1.165, 1.54) is 0 Å².